The van der Waals surface area contributed by atoms with Gasteiger partial charge in [0.05, 0.1) is 12.2 Å². The Hall–Kier alpha value is -3.39. The van der Waals surface area contributed by atoms with Crippen LogP contribution in [-0.2, 0) is 11.3 Å². The molecule has 2 saturated heterocycles. The molecule has 3 aliphatic rings. The molecule has 1 aromatic carbocycles. The van der Waals surface area contributed by atoms with Gasteiger partial charge in [0.25, 0.3) is 5.91 Å². The minimum absolute atomic E-state index is 0.00492. The highest BCUT2D eigenvalue weighted by Gasteiger charge is 2.41. The van der Waals surface area contributed by atoms with Crippen LogP contribution in [0.25, 0.3) is 11.3 Å². The fraction of sp³-hybridized carbons (Fsp3) is 0.444. The van der Waals surface area contributed by atoms with Crippen LogP contribution in [0.4, 0.5) is 0 Å². The summed E-state index contributed by atoms with van der Waals surface area (Å²) in [5.74, 6) is 2.24. The van der Waals surface area contributed by atoms with Crippen LogP contribution in [0, 0.1) is 5.92 Å². The summed E-state index contributed by atoms with van der Waals surface area (Å²) in [6, 6.07) is 11.6. The number of carbonyl (C=O) groups is 1. The lowest BCUT2D eigenvalue weighted by Gasteiger charge is -2.46. The third-order valence-electron chi connectivity index (χ3n) is 7.60. The third-order valence-corrected chi connectivity index (χ3v) is 7.60. The molecule has 3 aliphatic heterocycles. The van der Waals surface area contributed by atoms with Gasteiger partial charge in [0.1, 0.15) is 29.5 Å². The zero-order valence-corrected chi connectivity index (χ0v) is 19.7. The second kappa shape index (κ2) is 9.34. The first kappa shape index (κ1) is 22.1. The number of hydrogen-bond donors (Lipinski definition) is 1. The molecule has 5 heterocycles. The van der Waals surface area contributed by atoms with Crippen LogP contribution in [0.15, 0.2) is 48.8 Å². The van der Waals surface area contributed by atoms with Crippen LogP contribution in [0.3, 0.4) is 0 Å². The van der Waals surface area contributed by atoms with Crippen molar-refractivity contribution in [3.05, 3.63) is 60.0 Å². The second-order valence-electron chi connectivity index (χ2n) is 9.71. The molecule has 0 bridgehead atoms. The zero-order chi connectivity index (χ0) is 23.7. The van der Waals surface area contributed by atoms with E-state index < -0.39 is 0 Å². The molecule has 2 fully saturated rings. The summed E-state index contributed by atoms with van der Waals surface area (Å²) >= 11 is 0. The summed E-state index contributed by atoms with van der Waals surface area (Å²) < 4.78 is 18.1. The Morgan fingerprint density at radius 3 is 2.86 bits per heavy atom. The van der Waals surface area contributed by atoms with Gasteiger partial charge < -0.3 is 19.1 Å². The first-order chi connectivity index (χ1) is 17.2. The molecule has 0 radical (unpaired) electrons. The van der Waals surface area contributed by atoms with Crippen molar-refractivity contribution >= 4 is 5.91 Å². The number of nitrogens with zero attached hydrogens (tertiary/aromatic N) is 3. The molecule has 1 atom stereocenters. The molecule has 6 rings (SSSR count). The molecule has 1 N–H and O–H groups in total. The molecule has 182 valence electrons. The van der Waals surface area contributed by atoms with Gasteiger partial charge in [-0.3, -0.25) is 14.9 Å². The van der Waals surface area contributed by atoms with E-state index in [1.807, 2.05) is 41.3 Å². The average molecular weight is 475 g/mol. The number of aromatic amines is 1. The number of benzene rings is 1. The number of hydrogen-bond acceptors (Lipinski definition) is 6. The van der Waals surface area contributed by atoms with E-state index >= 15 is 0 Å². The molecule has 1 unspecified atom stereocenters. The maximum atomic E-state index is 13.4. The molecule has 8 nitrogen and oxygen atoms in total. The van der Waals surface area contributed by atoms with Gasteiger partial charge in [-0.15, -0.1) is 0 Å². The lowest BCUT2D eigenvalue weighted by atomic mass is 9.78. The van der Waals surface area contributed by atoms with E-state index in [9.17, 15) is 4.79 Å². The maximum Gasteiger partial charge on any atom is 0.272 e. The summed E-state index contributed by atoms with van der Waals surface area (Å²) in [5, 5.41) is 7.46. The third kappa shape index (κ3) is 4.38. The Morgan fingerprint density at radius 2 is 2.00 bits per heavy atom. The highest BCUT2D eigenvalue weighted by molar-refractivity contribution is 5.96. The summed E-state index contributed by atoms with van der Waals surface area (Å²) in [5.41, 5.74) is 3.00. The van der Waals surface area contributed by atoms with Gasteiger partial charge in [-0.2, -0.15) is 5.10 Å². The molecule has 35 heavy (non-hydrogen) atoms. The van der Waals surface area contributed by atoms with Crippen LogP contribution in [0.2, 0.25) is 0 Å². The van der Waals surface area contributed by atoms with Crippen molar-refractivity contribution in [1.29, 1.82) is 0 Å². The molecule has 0 aliphatic carbocycles. The fourth-order valence-corrected chi connectivity index (χ4v) is 5.62. The number of piperidine rings is 1. The Morgan fingerprint density at radius 1 is 1.17 bits per heavy atom. The first-order valence-electron chi connectivity index (χ1n) is 12.5. The number of carbonyl (C=O) groups excluding carboxylic acids is 1. The Kier molecular flexibility index (Phi) is 5.90. The van der Waals surface area contributed by atoms with Crippen molar-refractivity contribution in [3.8, 4) is 22.8 Å². The minimum Gasteiger partial charge on any atom is -0.493 e. The van der Waals surface area contributed by atoms with Crippen molar-refractivity contribution < 1.29 is 19.0 Å². The predicted octanol–water partition coefficient (Wildman–Crippen LogP) is 4.23. The van der Waals surface area contributed by atoms with E-state index in [0.717, 1.165) is 67.0 Å². The second-order valence-corrected chi connectivity index (χ2v) is 9.71. The van der Waals surface area contributed by atoms with Crippen LogP contribution >= 0.6 is 0 Å². The summed E-state index contributed by atoms with van der Waals surface area (Å²) in [7, 11) is 0. The van der Waals surface area contributed by atoms with E-state index in [0.29, 0.717) is 37.9 Å². The molecule has 1 amide bonds. The van der Waals surface area contributed by atoms with Crippen LogP contribution in [0.1, 0.15) is 48.2 Å². The number of aromatic nitrogens is 3. The van der Waals surface area contributed by atoms with Crippen molar-refractivity contribution in [2.45, 2.75) is 44.3 Å². The molecular weight excluding hydrogens is 444 g/mol. The molecule has 8 heteroatoms. The normalized spacial score (nSPS) is 20.6. The van der Waals surface area contributed by atoms with Crippen molar-refractivity contribution in [2.24, 2.45) is 5.92 Å². The van der Waals surface area contributed by atoms with Gasteiger partial charge in [0, 0.05) is 43.2 Å². The molecule has 3 aromatic rings. The molecule has 2 aromatic heterocycles. The minimum atomic E-state index is -0.133. The number of pyridine rings is 1. The lowest BCUT2D eigenvalue weighted by Crippen LogP contribution is -2.51. The van der Waals surface area contributed by atoms with Gasteiger partial charge in [-0.25, -0.2) is 0 Å². The smallest absolute Gasteiger partial charge is 0.272 e. The Labute approximate surface area is 204 Å². The summed E-state index contributed by atoms with van der Waals surface area (Å²) in [6.07, 6.45) is 8.31. The van der Waals surface area contributed by atoms with E-state index in [2.05, 4.69) is 15.2 Å². The van der Waals surface area contributed by atoms with Gasteiger partial charge >= 0.3 is 0 Å². The monoisotopic (exact) mass is 474 g/mol. The Balaban J connectivity index is 1.06. The highest BCUT2D eigenvalue weighted by Crippen LogP contribution is 2.40. The average Bonchev–Trinajstić information content (AvgIpc) is 3.34. The van der Waals surface area contributed by atoms with E-state index in [4.69, 9.17) is 14.2 Å². The largest absolute Gasteiger partial charge is 0.493 e. The SMILES string of the molecule is O=C(c1[nH]nc2c1COc1ccccc1-2)N1CCC2(CC1)CC(CCOc1ccncc1)CCO2. The number of ether oxygens (including phenoxy) is 3. The van der Waals surface area contributed by atoms with Gasteiger partial charge in [0.2, 0.25) is 0 Å². The van der Waals surface area contributed by atoms with E-state index in [1.54, 1.807) is 12.4 Å². The van der Waals surface area contributed by atoms with Gasteiger partial charge in [-0.05, 0) is 62.3 Å². The summed E-state index contributed by atoms with van der Waals surface area (Å²) in [4.78, 5) is 19.4. The lowest BCUT2D eigenvalue weighted by molar-refractivity contribution is -0.125. The number of fused-ring (bicyclic) bond motifs is 3. The quantitative estimate of drug-likeness (QED) is 0.595. The van der Waals surface area contributed by atoms with Gasteiger partial charge in [0.15, 0.2) is 0 Å². The van der Waals surface area contributed by atoms with Gasteiger partial charge in [-0.1, -0.05) is 12.1 Å². The zero-order valence-electron chi connectivity index (χ0n) is 19.7. The van der Waals surface area contributed by atoms with Crippen LogP contribution in [-0.4, -0.2) is 57.9 Å². The highest BCUT2D eigenvalue weighted by atomic mass is 16.5. The molecule has 0 saturated carbocycles. The number of amides is 1. The molecule has 1 spiro atoms. The number of rotatable bonds is 5. The number of nitrogens with one attached hydrogen (secondary N) is 1. The predicted molar refractivity (Wildman–Crippen MR) is 129 cm³/mol. The van der Waals surface area contributed by atoms with Crippen molar-refractivity contribution in [1.82, 2.24) is 20.1 Å². The fourth-order valence-electron chi connectivity index (χ4n) is 5.62. The number of para-hydroxylation sites is 1. The van der Waals surface area contributed by atoms with Crippen molar-refractivity contribution in [3.63, 3.8) is 0 Å². The summed E-state index contributed by atoms with van der Waals surface area (Å²) in [6.45, 7) is 3.20. The van der Waals surface area contributed by atoms with Crippen LogP contribution < -0.4 is 9.47 Å². The molecular formula is C27H30N4O4. The van der Waals surface area contributed by atoms with E-state index in [1.165, 1.54) is 0 Å². The maximum absolute atomic E-state index is 13.4. The Bertz CT molecular complexity index is 1190. The standard InChI is InChI=1S/C27H30N4O4/c32-26(25-22-18-34-23-4-2-1-3-21(23)24(22)29-30-25)31-13-9-27(10-14-31)17-19(8-16-35-27)7-15-33-20-5-11-28-12-6-20/h1-6,11-12,19H,7-10,13-18H2,(H,29,30). The van der Waals surface area contributed by atoms with E-state index in [-0.39, 0.29) is 11.5 Å². The topological polar surface area (TPSA) is 89.6 Å². The van der Waals surface area contributed by atoms with Crippen molar-refractivity contribution in [2.75, 3.05) is 26.3 Å². The number of likely N-dealkylation sites (tertiary alicyclic amines) is 1. The van der Waals surface area contributed by atoms with Crippen LogP contribution in [0.5, 0.6) is 11.5 Å². The number of H-pyrrole nitrogens is 1. The first-order valence-corrected chi connectivity index (χ1v) is 12.5.